The fraction of sp³-hybridized carbons (Fsp3) is 0.435. The molecule has 0 saturated carbocycles. The van der Waals surface area contributed by atoms with Crippen LogP contribution in [0.3, 0.4) is 0 Å². The number of carbonyl (C=O) groups is 1. The monoisotopic (exact) mass is 380 g/mol. The Morgan fingerprint density at radius 2 is 1.43 bits per heavy atom. The standard InChI is InChI=1S/C23H32N4O/c1-26(2)21(19-11-5-3-6-12-19)17-24-23(28)25-18-22(27-15-9-10-16-27)20-13-7-4-8-14-20/h3-8,11-14,21-22H,9-10,15-18H2,1-2H3,(H2,24,25,28). The molecular formula is C23H32N4O. The van der Waals surface area contributed by atoms with Crippen molar-refractivity contribution in [1.29, 1.82) is 0 Å². The molecule has 28 heavy (non-hydrogen) atoms. The van der Waals surface area contributed by atoms with Crippen LogP contribution in [0.5, 0.6) is 0 Å². The number of amides is 2. The van der Waals surface area contributed by atoms with Gasteiger partial charge in [0.25, 0.3) is 0 Å². The molecule has 2 N–H and O–H groups in total. The van der Waals surface area contributed by atoms with Crippen LogP contribution in [0.15, 0.2) is 60.7 Å². The lowest BCUT2D eigenvalue weighted by Gasteiger charge is -2.29. The lowest BCUT2D eigenvalue weighted by Crippen LogP contribution is -2.44. The van der Waals surface area contributed by atoms with E-state index in [0.717, 1.165) is 13.1 Å². The van der Waals surface area contributed by atoms with E-state index in [1.807, 2.05) is 38.4 Å². The molecule has 0 aliphatic carbocycles. The van der Waals surface area contributed by atoms with Gasteiger partial charge in [-0.3, -0.25) is 4.90 Å². The van der Waals surface area contributed by atoms with E-state index in [2.05, 4.69) is 56.8 Å². The second-order valence-electron chi connectivity index (χ2n) is 7.65. The van der Waals surface area contributed by atoms with Gasteiger partial charge < -0.3 is 15.5 Å². The van der Waals surface area contributed by atoms with Crippen molar-refractivity contribution in [3.8, 4) is 0 Å². The van der Waals surface area contributed by atoms with E-state index < -0.39 is 0 Å². The molecule has 2 atom stereocenters. The van der Waals surface area contributed by atoms with E-state index in [0.29, 0.717) is 13.1 Å². The minimum Gasteiger partial charge on any atom is -0.336 e. The molecule has 0 aromatic heterocycles. The molecule has 2 amide bonds. The largest absolute Gasteiger partial charge is 0.336 e. The number of nitrogens with one attached hydrogen (secondary N) is 2. The van der Waals surface area contributed by atoms with Gasteiger partial charge in [0.05, 0.1) is 12.1 Å². The Bertz CT molecular complexity index is 714. The van der Waals surface area contributed by atoms with Crippen LogP contribution in [-0.2, 0) is 0 Å². The fourth-order valence-electron chi connectivity index (χ4n) is 3.90. The number of nitrogens with zero attached hydrogens (tertiary/aromatic N) is 2. The highest BCUT2D eigenvalue weighted by atomic mass is 16.2. The lowest BCUT2D eigenvalue weighted by atomic mass is 10.1. The summed E-state index contributed by atoms with van der Waals surface area (Å²) in [6, 6.07) is 21.0. The van der Waals surface area contributed by atoms with Gasteiger partial charge in [-0.15, -0.1) is 0 Å². The third-order valence-corrected chi connectivity index (χ3v) is 5.49. The van der Waals surface area contributed by atoms with Crippen LogP contribution in [0.1, 0.15) is 36.1 Å². The Kier molecular flexibility index (Phi) is 7.46. The maximum Gasteiger partial charge on any atom is 0.314 e. The van der Waals surface area contributed by atoms with Gasteiger partial charge in [-0.05, 0) is 51.2 Å². The molecule has 5 nitrogen and oxygen atoms in total. The van der Waals surface area contributed by atoms with Crippen molar-refractivity contribution < 1.29 is 4.79 Å². The molecule has 2 aromatic carbocycles. The Labute approximate surface area is 168 Å². The molecule has 1 saturated heterocycles. The van der Waals surface area contributed by atoms with Gasteiger partial charge in [0.1, 0.15) is 0 Å². The van der Waals surface area contributed by atoms with E-state index >= 15 is 0 Å². The van der Waals surface area contributed by atoms with Crippen LogP contribution in [0.25, 0.3) is 0 Å². The van der Waals surface area contributed by atoms with Crippen molar-refractivity contribution in [2.24, 2.45) is 0 Å². The van der Waals surface area contributed by atoms with E-state index in [1.165, 1.54) is 24.0 Å². The smallest absolute Gasteiger partial charge is 0.314 e. The van der Waals surface area contributed by atoms with Gasteiger partial charge in [-0.1, -0.05) is 60.7 Å². The van der Waals surface area contributed by atoms with Crippen LogP contribution in [-0.4, -0.2) is 56.1 Å². The van der Waals surface area contributed by atoms with Crippen LogP contribution < -0.4 is 10.6 Å². The van der Waals surface area contributed by atoms with Gasteiger partial charge >= 0.3 is 6.03 Å². The number of hydrogen-bond acceptors (Lipinski definition) is 3. The number of likely N-dealkylation sites (tertiary alicyclic amines) is 1. The molecule has 1 fully saturated rings. The number of benzene rings is 2. The van der Waals surface area contributed by atoms with Gasteiger partial charge in [0.15, 0.2) is 0 Å². The Hall–Kier alpha value is -2.37. The number of likely N-dealkylation sites (N-methyl/N-ethyl adjacent to an activating group) is 1. The van der Waals surface area contributed by atoms with E-state index in [1.54, 1.807) is 0 Å². The molecule has 0 spiro atoms. The van der Waals surface area contributed by atoms with Crippen LogP contribution in [0, 0.1) is 0 Å². The molecular weight excluding hydrogens is 348 g/mol. The molecule has 2 unspecified atom stereocenters. The van der Waals surface area contributed by atoms with Crippen molar-refractivity contribution in [3.63, 3.8) is 0 Å². The number of hydrogen-bond donors (Lipinski definition) is 2. The average Bonchev–Trinajstić information content (AvgIpc) is 3.24. The minimum absolute atomic E-state index is 0.108. The second-order valence-corrected chi connectivity index (χ2v) is 7.65. The number of rotatable bonds is 8. The van der Waals surface area contributed by atoms with Crippen molar-refractivity contribution in [3.05, 3.63) is 71.8 Å². The zero-order chi connectivity index (χ0) is 19.8. The van der Waals surface area contributed by atoms with Crippen LogP contribution in [0.2, 0.25) is 0 Å². The molecule has 0 radical (unpaired) electrons. The first-order valence-electron chi connectivity index (χ1n) is 10.2. The molecule has 1 aliphatic heterocycles. The highest BCUT2D eigenvalue weighted by Gasteiger charge is 2.24. The summed E-state index contributed by atoms with van der Waals surface area (Å²) in [6.07, 6.45) is 2.47. The van der Waals surface area contributed by atoms with Crippen molar-refractivity contribution in [1.82, 2.24) is 20.4 Å². The average molecular weight is 381 g/mol. The molecule has 5 heteroatoms. The summed E-state index contributed by atoms with van der Waals surface area (Å²) in [7, 11) is 4.08. The first-order valence-corrected chi connectivity index (χ1v) is 10.2. The Balaban J connectivity index is 1.55. The molecule has 1 heterocycles. The third kappa shape index (κ3) is 5.57. The van der Waals surface area contributed by atoms with Crippen molar-refractivity contribution >= 4 is 6.03 Å². The zero-order valence-corrected chi connectivity index (χ0v) is 17.0. The number of carbonyl (C=O) groups excluding carboxylic acids is 1. The van der Waals surface area contributed by atoms with Crippen LogP contribution in [0.4, 0.5) is 4.79 Å². The summed E-state index contributed by atoms with van der Waals surface area (Å²) in [5, 5.41) is 6.14. The summed E-state index contributed by atoms with van der Waals surface area (Å²) < 4.78 is 0. The first-order chi connectivity index (χ1) is 13.6. The van der Waals surface area contributed by atoms with Gasteiger partial charge in [0, 0.05) is 13.1 Å². The topological polar surface area (TPSA) is 47.6 Å². The van der Waals surface area contributed by atoms with Crippen molar-refractivity contribution in [2.75, 3.05) is 40.3 Å². The molecule has 3 rings (SSSR count). The summed E-state index contributed by atoms with van der Waals surface area (Å²) in [5.74, 6) is 0. The quantitative estimate of drug-likeness (QED) is 0.738. The summed E-state index contributed by atoms with van der Waals surface area (Å²) in [5.41, 5.74) is 2.46. The van der Waals surface area contributed by atoms with Gasteiger partial charge in [0.2, 0.25) is 0 Å². The summed E-state index contributed by atoms with van der Waals surface area (Å²) in [4.78, 5) is 17.1. The number of urea groups is 1. The summed E-state index contributed by atoms with van der Waals surface area (Å²) in [6.45, 7) is 3.38. The fourth-order valence-corrected chi connectivity index (χ4v) is 3.90. The minimum atomic E-state index is -0.108. The molecule has 1 aliphatic rings. The van der Waals surface area contributed by atoms with Crippen LogP contribution >= 0.6 is 0 Å². The third-order valence-electron chi connectivity index (χ3n) is 5.49. The Morgan fingerprint density at radius 1 is 0.893 bits per heavy atom. The molecule has 150 valence electrons. The Morgan fingerprint density at radius 3 is 2.00 bits per heavy atom. The first kappa shape index (κ1) is 20.4. The molecule has 0 bridgehead atoms. The normalized spacial score (nSPS) is 16.7. The molecule has 2 aromatic rings. The van der Waals surface area contributed by atoms with Gasteiger partial charge in [-0.2, -0.15) is 0 Å². The predicted molar refractivity (Wildman–Crippen MR) is 114 cm³/mol. The highest BCUT2D eigenvalue weighted by molar-refractivity contribution is 5.73. The highest BCUT2D eigenvalue weighted by Crippen LogP contribution is 2.24. The maximum atomic E-state index is 12.5. The van der Waals surface area contributed by atoms with Gasteiger partial charge in [-0.25, -0.2) is 4.79 Å². The maximum absolute atomic E-state index is 12.5. The summed E-state index contributed by atoms with van der Waals surface area (Å²) >= 11 is 0. The van der Waals surface area contributed by atoms with Crippen molar-refractivity contribution in [2.45, 2.75) is 24.9 Å². The second kappa shape index (κ2) is 10.2. The van der Waals surface area contributed by atoms with E-state index in [4.69, 9.17) is 0 Å². The van der Waals surface area contributed by atoms with E-state index in [9.17, 15) is 4.79 Å². The zero-order valence-electron chi connectivity index (χ0n) is 17.0. The predicted octanol–water partition coefficient (Wildman–Crippen LogP) is 3.43. The lowest BCUT2D eigenvalue weighted by molar-refractivity contribution is 0.216. The van der Waals surface area contributed by atoms with E-state index in [-0.39, 0.29) is 18.1 Å². The SMILES string of the molecule is CN(C)C(CNC(=O)NCC(c1ccccc1)N1CCCC1)c1ccccc1.